The molecule has 1 aromatic carbocycles. The lowest BCUT2D eigenvalue weighted by atomic mass is 9.93. The molecule has 7 heteroatoms. The van der Waals surface area contributed by atoms with E-state index in [2.05, 4.69) is 51.6 Å². The molecule has 0 spiro atoms. The number of guanidine groups is 1. The first-order valence-corrected chi connectivity index (χ1v) is 11.2. The Labute approximate surface area is 198 Å². The summed E-state index contributed by atoms with van der Waals surface area (Å²) in [5, 5.41) is 6.18. The van der Waals surface area contributed by atoms with E-state index in [1.807, 2.05) is 0 Å². The van der Waals surface area contributed by atoms with Crippen molar-refractivity contribution in [1.82, 2.24) is 20.4 Å². The second kappa shape index (κ2) is 13.1. The number of carbonyl (C=O) groups excluding carboxylic acids is 1. The number of halogens is 1. The van der Waals surface area contributed by atoms with Crippen molar-refractivity contribution in [3.05, 3.63) is 35.4 Å². The molecule has 2 saturated heterocycles. The van der Waals surface area contributed by atoms with Crippen LogP contribution in [0.2, 0.25) is 0 Å². The molecule has 0 atom stereocenters. The topological polar surface area (TPSA) is 60.0 Å². The fourth-order valence-electron chi connectivity index (χ4n) is 4.25. The fourth-order valence-corrected chi connectivity index (χ4v) is 4.25. The quantitative estimate of drug-likeness (QED) is 0.325. The van der Waals surface area contributed by atoms with Crippen LogP contribution in [0.25, 0.3) is 0 Å². The zero-order valence-corrected chi connectivity index (χ0v) is 20.9. The summed E-state index contributed by atoms with van der Waals surface area (Å²) in [6.07, 6.45) is 5.40. The van der Waals surface area contributed by atoms with Crippen LogP contribution in [0.4, 0.5) is 0 Å². The van der Waals surface area contributed by atoms with Crippen molar-refractivity contribution in [2.45, 2.75) is 52.1 Å². The van der Waals surface area contributed by atoms with Gasteiger partial charge in [-0.1, -0.05) is 24.3 Å². The molecule has 3 rings (SSSR count). The number of piperidine rings is 1. The van der Waals surface area contributed by atoms with Gasteiger partial charge >= 0.3 is 0 Å². The first-order chi connectivity index (χ1) is 14.2. The molecule has 0 bridgehead atoms. The van der Waals surface area contributed by atoms with E-state index in [9.17, 15) is 4.79 Å². The summed E-state index contributed by atoms with van der Waals surface area (Å²) < 4.78 is 0. The maximum atomic E-state index is 11.6. The van der Waals surface area contributed by atoms with Gasteiger partial charge in [0.25, 0.3) is 0 Å². The monoisotopic (exact) mass is 527 g/mol. The molecule has 2 N–H and O–H groups in total. The second-order valence-corrected chi connectivity index (χ2v) is 8.28. The molecule has 2 aliphatic rings. The van der Waals surface area contributed by atoms with Crippen LogP contribution < -0.4 is 10.6 Å². The van der Waals surface area contributed by atoms with Crippen LogP contribution in [0.1, 0.15) is 50.2 Å². The van der Waals surface area contributed by atoms with E-state index in [-0.39, 0.29) is 29.9 Å². The van der Waals surface area contributed by atoms with E-state index in [0.29, 0.717) is 18.9 Å². The second-order valence-electron chi connectivity index (χ2n) is 8.28. The molecule has 2 heterocycles. The van der Waals surface area contributed by atoms with Crippen molar-refractivity contribution in [3.63, 3.8) is 0 Å². The number of nitrogens with one attached hydrogen (secondary N) is 2. The van der Waals surface area contributed by atoms with Crippen LogP contribution >= 0.6 is 24.0 Å². The summed E-state index contributed by atoms with van der Waals surface area (Å²) in [7, 11) is 1.71. The van der Waals surface area contributed by atoms with Gasteiger partial charge in [0.15, 0.2) is 5.96 Å². The van der Waals surface area contributed by atoms with Gasteiger partial charge in [0.2, 0.25) is 5.91 Å². The molecule has 0 unspecified atom stereocenters. The van der Waals surface area contributed by atoms with E-state index in [1.165, 1.54) is 37.1 Å². The predicted molar refractivity (Wildman–Crippen MR) is 134 cm³/mol. The van der Waals surface area contributed by atoms with E-state index in [4.69, 9.17) is 4.99 Å². The number of nitrogens with zero attached hydrogens (tertiary/aromatic N) is 3. The van der Waals surface area contributed by atoms with Crippen molar-refractivity contribution in [3.8, 4) is 0 Å². The summed E-state index contributed by atoms with van der Waals surface area (Å²) >= 11 is 0. The van der Waals surface area contributed by atoms with Gasteiger partial charge in [0.1, 0.15) is 0 Å². The van der Waals surface area contributed by atoms with Gasteiger partial charge in [-0.3, -0.25) is 9.69 Å². The molecule has 0 aliphatic carbocycles. The molecular formula is C23H38IN5O. The molecule has 0 radical (unpaired) electrons. The molecule has 168 valence electrons. The van der Waals surface area contributed by atoms with Crippen molar-refractivity contribution in [2.24, 2.45) is 10.9 Å². The molecule has 2 fully saturated rings. The van der Waals surface area contributed by atoms with Crippen LogP contribution in [0.3, 0.4) is 0 Å². The highest BCUT2D eigenvalue weighted by atomic mass is 127. The maximum absolute atomic E-state index is 11.6. The third-order valence-electron chi connectivity index (χ3n) is 6.04. The van der Waals surface area contributed by atoms with Crippen molar-refractivity contribution in [1.29, 1.82) is 0 Å². The Morgan fingerprint density at radius 2 is 1.70 bits per heavy atom. The Kier molecular flexibility index (Phi) is 10.9. The molecule has 2 aliphatic heterocycles. The average molecular weight is 527 g/mol. The van der Waals surface area contributed by atoms with E-state index < -0.39 is 0 Å². The largest absolute Gasteiger partial charge is 0.359 e. The van der Waals surface area contributed by atoms with Crippen LogP contribution in [-0.2, 0) is 17.9 Å². The SMILES string of the molecule is CCNC(=NCc1ccc(CN2CCCC2)cc1)N1CCC(CC(=O)NC)CC1.I. The standard InChI is InChI=1S/C23H37N5O.HI/c1-3-25-23(28-14-10-19(11-15-28)16-22(29)24-2)26-17-20-6-8-21(9-7-20)18-27-12-4-5-13-27;/h6-9,19H,3-5,10-18H2,1-2H3,(H,24,29)(H,25,26);1H. The summed E-state index contributed by atoms with van der Waals surface area (Å²) in [6, 6.07) is 8.93. The van der Waals surface area contributed by atoms with E-state index in [0.717, 1.165) is 45.0 Å². The van der Waals surface area contributed by atoms with Crippen molar-refractivity contribution >= 4 is 35.8 Å². The molecule has 6 nitrogen and oxygen atoms in total. The number of amides is 1. The first-order valence-electron chi connectivity index (χ1n) is 11.2. The van der Waals surface area contributed by atoms with Crippen LogP contribution in [0.15, 0.2) is 29.3 Å². The van der Waals surface area contributed by atoms with Gasteiger partial charge in [-0.05, 0) is 62.7 Å². The van der Waals surface area contributed by atoms with E-state index >= 15 is 0 Å². The highest BCUT2D eigenvalue weighted by Gasteiger charge is 2.23. The number of aliphatic imine (C=N–C) groups is 1. The van der Waals surface area contributed by atoms with Gasteiger partial charge in [0, 0.05) is 39.6 Å². The first kappa shape index (κ1) is 24.9. The Morgan fingerprint density at radius 1 is 1.07 bits per heavy atom. The van der Waals surface area contributed by atoms with Crippen LogP contribution in [0, 0.1) is 5.92 Å². The third-order valence-corrected chi connectivity index (χ3v) is 6.04. The van der Waals surface area contributed by atoms with E-state index in [1.54, 1.807) is 7.05 Å². The number of hydrogen-bond donors (Lipinski definition) is 2. The zero-order valence-electron chi connectivity index (χ0n) is 18.5. The van der Waals surface area contributed by atoms with Gasteiger partial charge in [0.05, 0.1) is 6.54 Å². The maximum Gasteiger partial charge on any atom is 0.220 e. The smallest absolute Gasteiger partial charge is 0.220 e. The highest BCUT2D eigenvalue weighted by molar-refractivity contribution is 14.0. The molecule has 0 aromatic heterocycles. The predicted octanol–water partition coefficient (Wildman–Crippen LogP) is 3.21. The van der Waals surface area contributed by atoms with Gasteiger partial charge in [-0.15, -0.1) is 24.0 Å². The van der Waals surface area contributed by atoms with Crippen molar-refractivity contribution < 1.29 is 4.79 Å². The molecule has 0 saturated carbocycles. The zero-order chi connectivity index (χ0) is 20.5. The van der Waals surface area contributed by atoms with Crippen molar-refractivity contribution in [2.75, 3.05) is 39.8 Å². The number of likely N-dealkylation sites (tertiary alicyclic amines) is 2. The third kappa shape index (κ3) is 7.72. The Hall–Kier alpha value is -1.35. The van der Waals surface area contributed by atoms with Gasteiger partial charge in [-0.25, -0.2) is 4.99 Å². The minimum atomic E-state index is 0. The molecule has 1 aromatic rings. The molecule has 1 amide bonds. The summed E-state index contributed by atoms with van der Waals surface area (Å²) in [4.78, 5) is 21.4. The molecular weight excluding hydrogens is 489 g/mol. The summed E-state index contributed by atoms with van der Waals surface area (Å²) in [5.41, 5.74) is 2.64. The lowest BCUT2D eigenvalue weighted by molar-refractivity contribution is -0.121. The Morgan fingerprint density at radius 3 is 2.30 bits per heavy atom. The van der Waals surface area contributed by atoms with Crippen LogP contribution in [0.5, 0.6) is 0 Å². The number of hydrogen-bond acceptors (Lipinski definition) is 3. The summed E-state index contributed by atoms with van der Waals surface area (Å²) in [6.45, 7) is 9.13. The number of carbonyl (C=O) groups is 1. The van der Waals surface area contributed by atoms with Crippen LogP contribution in [-0.4, -0.2) is 61.4 Å². The highest BCUT2D eigenvalue weighted by Crippen LogP contribution is 2.20. The van der Waals surface area contributed by atoms with Gasteiger partial charge < -0.3 is 15.5 Å². The number of rotatable bonds is 7. The lowest BCUT2D eigenvalue weighted by Crippen LogP contribution is -2.46. The summed E-state index contributed by atoms with van der Waals surface area (Å²) in [5.74, 6) is 1.63. The Bertz CT molecular complexity index is 665. The minimum absolute atomic E-state index is 0. The minimum Gasteiger partial charge on any atom is -0.359 e. The lowest BCUT2D eigenvalue weighted by Gasteiger charge is -2.34. The molecule has 30 heavy (non-hydrogen) atoms. The Balaban J connectivity index is 0.00000320. The fraction of sp³-hybridized carbons (Fsp3) is 0.652. The number of benzene rings is 1. The normalized spacial score (nSPS) is 18.2. The average Bonchev–Trinajstić information content (AvgIpc) is 3.26. The van der Waals surface area contributed by atoms with Gasteiger partial charge in [-0.2, -0.15) is 0 Å².